The monoisotopic (exact) mass is 411 g/mol. The summed E-state index contributed by atoms with van der Waals surface area (Å²) in [4.78, 5) is 54.6. The predicted octanol–water partition coefficient (Wildman–Crippen LogP) is 2.70. The van der Waals surface area contributed by atoms with Crippen LogP contribution in [0.4, 0.5) is 4.79 Å². The summed E-state index contributed by atoms with van der Waals surface area (Å²) in [7, 11) is 2.67. The fourth-order valence-electron chi connectivity index (χ4n) is 3.94. The zero-order valence-electron chi connectivity index (χ0n) is 15.8. The zero-order chi connectivity index (χ0) is 20.9. The van der Waals surface area contributed by atoms with Crippen molar-refractivity contribution in [2.45, 2.75) is 12.6 Å². The number of fused-ring (bicyclic) bond motifs is 1. The Labute approximate surface area is 172 Å². The van der Waals surface area contributed by atoms with E-state index in [1.54, 1.807) is 48.5 Å². The Kier molecular flexibility index (Phi) is 4.62. The average molecular weight is 412 g/mol. The van der Waals surface area contributed by atoms with Crippen LogP contribution in [-0.2, 0) is 16.1 Å². The lowest BCUT2D eigenvalue weighted by molar-refractivity contribution is -0.150. The number of nitrogens with zero attached hydrogens (tertiary/aromatic N) is 3. The maximum Gasteiger partial charge on any atom is 0.332 e. The molecule has 0 aromatic heterocycles. The van der Waals surface area contributed by atoms with Gasteiger partial charge in [-0.25, -0.2) is 4.79 Å². The van der Waals surface area contributed by atoms with Gasteiger partial charge in [0.2, 0.25) is 11.8 Å². The standard InChI is InChI=1S/C21H18ClN3O4/c1-23-19(27)16(20(28)24(2)21(23)29)17-13-8-4-5-9-14(13)18(26)25(17)11-12-7-3-6-10-15(12)22/h3-10,16-17H,11H2,1-2H3/t17-/m0/s1. The molecule has 0 radical (unpaired) electrons. The molecule has 2 aliphatic heterocycles. The lowest BCUT2D eigenvalue weighted by Crippen LogP contribution is -2.59. The normalized spacial score (nSPS) is 20.0. The number of benzene rings is 2. The van der Waals surface area contributed by atoms with Crippen LogP contribution >= 0.6 is 11.6 Å². The number of imide groups is 2. The van der Waals surface area contributed by atoms with E-state index >= 15 is 0 Å². The van der Waals surface area contributed by atoms with Gasteiger partial charge in [0.15, 0.2) is 0 Å². The Balaban J connectivity index is 1.82. The van der Waals surface area contributed by atoms with E-state index < -0.39 is 29.8 Å². The van der Waals surface area contributed by atoms with Crippen LogP contribution in [0.15, 0.2) is 48.5 Å². The summed E-state index contributed by atoms with van der Waals surface area (Å²) in [5.74, 6) is -2.75. The molecule has 2 heterocycles. The first-order chi connectivity index (χ1) is 13.8. The molecule has 2 aliphatic rings. The highest BCUT2D eigenvalue weighted by atomic mass is 35.5. The third kappa shape index (κ3) is 2.89. The van der Waals surface area contributed by atoms with Crippen LogP contribution in [0, 0.1) is 5.92 Å². The number of hydrogen-bond acceptors (Lipinski definition) is 4. The Hall–Kier alpha value is -3.19. The first-order valence-corrected chi connectivity index (χ1v) is 9.43. The van der Waals surface area contributed by atoms with Crippen LogP contribution in [0.1, 0.15) is 27.5 Å². The number of urea groups is 1. The molecule has 0 N–H and O–H groups in total. The number of barbiturate groups is 1. The fraction of sp³-hybridized carbons (Fsp3) is 0.238. The van der Waals surface area contributed by atoms with Crippen molar-refractivity contribution in [1.29, 1.82) is 0 Å². The van der Waals surface area contributed by atoms with Gasteiger partial charge in [-0.05, 0) is 23.3 Å². The van der Waals surface area contributed by atoms with Crippen LogP contribution in [0.25, 0.3) is 0 Å². The van der Waals surface area contributed by atoms with Crippen LogP contribution in [0.5, 0.6) is 0 Å². The molecule has 0 saturated carbocycles. The van der Waals surface area contributed by atoms with Crippen molar-refractivity contribution in [3.05, 3.63) is 70.2 Å². The highest BCUT2D eigenvalue weighted by Crippen LogP contribution is 2.42. The maximum atomic E-state index is 13.2. The van der Waals surface area contributed by atoms with Gasteiger partial charge in [-0.3, -0.25) is 24.2 Å². The second kappa shape index (κ2) is 7.00. The first kappa shape index (κ1) is 19.1. The lowest BCUT2D eigenvalue weighted by Gasteiger charge is -2.38. The van der Waals surface area contributed by atoms with Gasteiger partial charge < -0.3 is 4.90 Å². The molecule has 7 nitrogen and oxygen atoms in total. The molecular weight excluding hydrogens is 394 g/mol. The van der Waals surface area contributed by atoms with Crippen molar-refractivity contribution in [3.8, 4) is 0 Å². The van der Waals surface area contributed by atoms with Crippen molar-refractivity contribution in [2.75, 3.05) is 14.1 Å². The number of carbonyl (C=O) groups excluding carboxylic acids is 4. The van der Waals surface area contributed by atoms with Crippen molar-refractivity contribution in [1.82, 2.24) is 14.7 Å². The number of amides is 5. The number of hydrogen-bond donors (Lipinski definition) is 0. The summed E-state index contributed by atoms with van der Waals surface area (Å²) in [5.41, 5.74) is 1.73. The highest BCUT2D eigenvalue weighted by molar-refractivity contribution is 6.31. The van der Waals surface area contributed by atoms with Gasteiger partial charge in [0.25, 0.3) is 5.91 Å². The maximum absolute atomic E-state index is 13.2. The molecule has 1 saturated heterocycles. The summed E-state index contributed by atoms with van der Waals surface area (Å²) in [6, 6.07) is 12.5. The smallest absolute Gasteiger partial charge is 0.326 e. The molecule has 0 spiro atoms. The fourth-order valence-corrected chi connectivity index (χ4v) is 4.14. The number of rotatable bonds is 3. The molecule has 2 aromatic rings. The van der Waals surface area contributed by atoms with Crippen molar-refractivity contribution < 1.29 is 19.2 Å². The molecule has 5 amide bonds. The van der Waals surface area contributed by atoms with Crippen LogP contribution in [0.3, 0.4) is 0 Å². The van der Waals surface area contributed by atoms with Crippen molar-refractivity contribution in [3.63, 3.8) is 0 Å². The van der Waals surface area contributed by atoms with Gasteiger partial charge in [-0.15, -0.1) is 0 Å². The number of halogens is 1. The summed E-state index contributed by atoms with van der Waals surface area (Å²) >= 11 is 6.29. The third-order valence-electron chi connectivity index (χ3n) is 5.49. The van der Waals surface area contributed by atoms with E-state index in [1.807, 2.05) is 0 Å². The second-order valence-corrected chi connectivity index (χ2v) is 7.52. The Bertz CT molecular complexity index is 1030. The zero-order valence-corrected chi connectivity index (χ0v) is 16.6. The topological polar surface area (TPSA) is 78.0 Å². The van der Waals surface area contributed by atoms with Gasteiger partial charge in [0.05, 0.1) is 6.04 Å². The van der Waals surface area contributed by atoms with E-state index in [2.05, 4.69) is 0 Å². The molecule has 0 unspecified atom stereocenters. The van der Waals surface area contributed by atoms with Gasteiger partial charge in [0, 0.05) is 31.2 Å². The van der Waals surface area contributed by atoms with E-state index in [0.29, 0.717) is 21.7 Å². The van der Waals surface area contributed by atoms with E-state index in [-0.39, 0.29) is 12.5 Å². The van der Waals surface area contributed by atoms with E-state index in [0.717, 1.165) is 9.80 Å². The molecule has 4 rings (SSSR count). The molecule has 29 heavy (non-hydrogen) atoms. The predicted molar refractivity (Wildman–Crippen MR) is 105 cm³/mol. The van der Waals surface area contributed by atoms with Crippen molar-refractivity contribution in [2.24, 2.45) is 5.92 Å². The molecule has 1 atom stereocenters. The second-order valence-electron chi connectivity index (χ2n) is 7.11. The SMILES string of the molecule is CN1C(=O)C([C@@H]2c3ccccc3C(=O)N2Cc2ccccc2Cl)C(=O)N(C)C1=O. The molecule has 2 aromatic carbocycles. The minimum Gasteiger partial charge on any atom is -0.326 e. The summed E-state index contributed by atoms with van der Waals surface area (Å²) in [6.07, 6.45) is 0. The van der Waals surface area contributed by atoms with Crippen LogP contribution in [-0.4, -0.2) is 52.5 Å². The summed E-state index contributed by atoms with van der Waals surface area (Å²) in [5, 5.41) is 0.487. The molecule has 0 aliphatic carbocycles. The molecule has 0 bridgehead atoms. The van der Waals surface area contributed by atoms with Crippen LogP contribution < -0.4 is 0 Å². The average Bonchev–Trinajstić information content (AvgIpc) is 2.99. The van der Waals surface area contributed by atoms with E-state index in [4.69, 9.17) is 11.6 Å². The van der Waals surface area contributed by atoms with Gasteiger partial charge in [-0.1, -0.05) is 48.0 Å². The van der Waals surface area contributed by atoms with E-state index in [1.165, 1.54) is 19.0 Å². The molecule has 148 valence electrons. The van der Waals surface area contributed by atoms with Gasteiger partial charge in [0.1, 0.15) is 5.92 Å². The van der Waals surface area contributed by atoms with E-state index in [9.17, 15) is 19.2 Å². The Morgan fingerprint density at radius 2 is 1.45 bits per heavy atom. The largest absolute Gasteiger partial charge is 0.332 e. The summed E-state index contributed by atoms with van der Waals surface area (Å²) in [6.45, 7) is 0.135. The van der Waals surface area contributed by atoms with Gasteiger partial charge in [-0.2, -0.15) is 0 Å². The third-order valence-corrected chi connectivity index (χ3v) is 5.86. The quantitative estimate of drug-likeness (QED) is 0.727. The lowest BCUT2D eigenvalue weighted by atomic mass is 9.89. The minimum absolute atomic E-state index is 0.135. The molecule has 8 heteroatoms. The Morgan fingerprint density at radius 3 is 2.10 bits per heavy atom. The Morgan fingerprint density at radius 1 is 0.862 bits per heavy atom. The highest BCUT2D eigenvalue weighted by Gasteiger charge is 2.52. The van der Waals surface area contributed by atoms with Crippen molar-refractivity contribution >= 4 is 35.4 Å². The first-order valence-electron chi connectivity index (χ1n) is 9.05. The molecule has 1 fully saturated rings. The van der Waals surface area contributed by atoms with Gasteiger partial charge >= 0.3 is 6.03 Å². The molecular formula is C21H18ClN3O4. The number of carbonyl (C=O) groups is 4. The minimum atomic E-state index is -1.21. The van der Waals surface area contributed by atoms with Crippen LogP contribution in [0.2, 0.25) is 5.02 Å². The summed E-state index contributed by atoms with van der Waals surface area (Å²) < 4.78 is 0.